The van der Waals surface area contributed by atoms with E-state index >= 15 is 0 Å². The predicted octanol–water partition coefficient (Wildman–Crippen LogP) is 1.28. The average molecular weight is 169 g/mol. The Morgan fingerprint density at radius 1 is 1.55 bits per heavy atom. The number of thiazole rings is 1. The van der Waals surface area contributed by atoms with Gasteiger partial charge in [0.05, 0.1) is 26.2 Å². The Balaban J connectivity index is 2.32. The summed E-state index contributed by atoms with van der Waals surface area (Å²) in [7, 11) is 4.53. The molecular formula is C8H13N2S+. The van der Waals surface area contributed by atoms with Gasteiger partial charge in [-0.1, -0.05) is 0 Å². The Hall–Kier alpha value is -0.410. The van der Waals surface area contributed by atoms with Crippen LogP contribution in [0, 0.1) is 0 Å². The summed E-state index contributed by atoms with van der Waals surface area (Å²) in [4.78, 5) is 5.86. The molecule has 11 heavy (non-hydrogen) atoms. The van der Waals surface area contributed by atoms with Crippen LogP contribution in [0.15, 0.2) is 5.51 Å². The van der Waals surface area contributed by atoms with Gasteiger partial charge in [0.15, 0.2) is 0 Å². The number of hydrogen-bond donors (Lipinski definition) is 0. The number of hydrogen-bond acceptors (Lipinski definition) is 2. The van der Waals surface area contributed by atoms with Gasteiger partial charge in [-0.25, -0.2) is 4.98 Å². The van der Waals surface area contributed by atoms with Crippen LogP contribution in [0.4, 0.5) is 0 Å². The first-order valence-electron chi connectivity index (χ1n) is 3.91. The summed E-state index contributed by atoms with van der Waals surface area (Å²) in [6.07, 6.45) is 1.22. The number of nitrogens with zero attached hydrogens (tertiary/aromatic N) is 2. The van der Waals surface area contributed by atoms with Crippen LogP contribution in [0.25, 0.3) is 0 Å². The molecule has 2 nitrogen and oxygen atoms in total. The van der Waals surface area contributed by atoms with Crippen LogP contribution in [0.5, 0.6) is 0 Å². The average Bonchev–Trinajstić information content (AvgIpc) is 2.31. The van der Waals surface area contributed by atoms with E-state index in [2.05, 4.69) is 19.1 Å². The lowest BCUT2D eigenvalue weighted by atomic mass is 10.1. The predicted molar refractivity (Wildman–Crippen MR) is 46.5 cm³/mol. The molecule has 0 aliphatic carbocycles. The summed E-state index contributed by atoms with van der Waals surface area (Å²) < 4.78 is 1.09. The molecule has 0 aromatic carbocycles. The van der Waals surface area contributed by atoms with Crippen molar-refractivity contribution in [2.45, 2.75) is 13.0 Å². The Kier molecular flexibility index (Phi) is 1.51. The van der Waals surface area contributed by atoms with Gasteiger partial charge in [-0.15, -0.1) is 11.3 Å². The summed E-state index contributed by atoms with van der Waals surface area (Å²) in [6.45, 7) is 2.37. The van der Waals surface area contributed by atoms with E-state index in [1.807, 2.05) is 5.51 Å². The third kappa shape index (κ3) is 1.30. The highest BCUT2D eigenvalue weighted by atomic mass is 32.1. The second kappa shape index (κ2) is 2.29. The fourth-order valence-corrected chi connectivity index (χ4v) is 2.28. The highest BCUT2D eigenvalue weighted by Crippen LogP contribution is 2.23. The molecule has 1 aromatic heterocycles. The Labute approximate surface area is 71.1 Å². The van der Waals surface area contributed by atoms with E-state index in [1.165, 1.54) is 23.5 Å². The van der Waals surface area contributed by atoms with Crippen LogP contribution in [0.1, 0.15) is 10.6 Å². The van der Waals surface area contributed by atoms with Crippen molar-refractivity contribution in [1.29, 1.82) is 0 Å². The third-order valence-electron chi connectivity index (χ3n) is 2.25. The van der Waals surface area contributed by atoms with Crippen molar-refractivity contribution in [2.75, 3.05) is 20.6 Å². The first-order valence-corrected chi connectivity index (χ1v) is 4.79. The van der Waals surface area contributed by atoms with Crippen LogP contribution in [-0.4, -0.2) is 30.1 Å². The van der Waals surface area contributed by atoms with Gasteiger partial charge in [0.25, 0.3) is 0 Å². The van der Waals surface area contributed by atoms with Crippen LogP contribution < -0.4 is 0 Å². The molecule has 0 spiro atoms. The molecule has 0 unspecified atom stereocenters. The maximum Gasteiger partial charge on any atom is 0.122 e. The molecule has 1 aliphatic heterocycles. The molecule has 2 rings (SSSR count). The van der Waals surface area contributed by atoms with Crippen molar-refractivity contribution in [3.8, 4) is 0 Å². The van der Waals surface area contributed by atoms with Crippen molar-refractivity contribution in [3.63, 3.8) is 0 Å². The van der Waals surface area contributed by atoms with Crippen molar-refractivity contribution in [2.24, 2.45) is 0 Å². The van der Waals surface area contributed by atoms with Crippen molar-refractivity contribution >= 4 is 11.3 Å². The number of likely N-dealkylation sites (N-methyl/N-ethyl adjacent to an activating group) is 1. The fourth-order valence-electron chi connectivity index (χ4n) is 1.51. The third-order valence-corrected chi connectivity index (χ3v) is 3.18. The topological polar surface area (TPSA) is 12.9 Å². The zero-order chi connectivity index (χ0) is 7.90. The molecule has 0 bridgehead atoms. The molecule has 0 atom stereocenters. The number of aromatic nitrogens is 1. The van der Waals surface area contributed by atoms with Gasteiger partial charge in [-0.05, 0) is 0 Å². The number of rotatable bonds is 0. The van der Waals surface area contributed by atoms with E-state index < -0.39 is 0 Å². The summed E-state index contributed by atoms with van der Waals surface area (Å²) in [6, 6.07) is 0. The van der Waals surface area contributed by atoms with Gasteiger partial charge in [-0.3, -0.25) is 0 Å². The minimum atomic E-state index is 1.09. The van der Waals surface area contributed by atoms with Crippen LogP contribution >= 0.6 is 11.3 Å². The van der Waals surface area contributed by atoms with E-state index in [4.69, 9.17) is 0 Å². The Morgan fingerprint density at radius 2 is 2.36 bits per heavy atom. The molecule has 0 N–H and O–H groups in total. The molecule has 1 aromatic rings. The molecule has 0 amide bonds. The second-order valence-electron chi connectivity index (χ2n) is 3.79. The van der Waals surface area contributed by atoms with Crippen LogP contribution in [-0.2, 0) is 13.0 Å². The van der Waals surface area contributed by atoms with Gasteiger partial charge in [0, 0.05) is 11.3 Å². The van der Waals surface area contributed by atoms with Gasteiger partial charge < -0.3 is 4.48 Å². The number of fused-ring (bicyclic) bond motifs is 1. The molecule has 1 aliphatic rings. The van der Waals surface area contributed by atoms with Crippen molar-refractivity contribution < 1.29 is 4.48 Å². The largest absolute Gasteiger partial charge is 0.323 e. The normalized spacial score (nSPS) is 21.3. The fraction of sp³-hybridized carbons (Fsp3) is 0.625. The summed E-state index contributed by atoms with van der Waals surface area (Å²) in [5.41, 5.74) is 3.29. The Morgan fingerprint density at radius 3 is 3.18 bits per heavy atom. The second-order valence-corrected chi connectivity index (χ2v) is 4.73. The molecule has 0 saturated carbocycles. The highest BCUT2D eigenvalue weighted by molar-refractivity contribution is 7.09. The van der Waals surface area contributed by atoms with E-state index in [-0.39, 0.29) is 0 Å². The first kappa shape index (κ1) is 7.25. The Bertz CT molecular complexity index is 265. The van der Waals surface area contributed by atoms with Gasteiger partial charge >= 0.3 is 0 Å². The molecule has 2 heterocycles. The van der Waals surface area contributed by atoms with Gasteiger partial charge in [-0.2, -0.15) is 0 Å². The quantitative estimate of drug-likeness (QED) is 0.533. The molecule has 3 heteroatoms. The van der Waals surface area contributed by atoms with E-state index in [0.717, 1.165) is 11.0 Å². The smallest absolute Gasteiger partial charge is 0.122 e. The van der Waals surface area contributed by atoms with Gasteiger partial charge in [0.2, 0.25) is 0 Å². The van der Waals surface area contributed by atoms with Crippen LogP contribution in [0.3, 0.4) is 0 Å². The standard InChI is InChI=1S/C8H13N2S/c1-10(2)4-3-8-7(5-10)9-6-11-8/h6H,3-5H2,1-2H3/q+1. The molecule has 0 radical (unpaired) electrons. The maximum absolute atomic E-state index is 4.36. The lowest BCUT2D eigenvalue weighted by molar-refractivity contribution is -0.905. The van der Waals surface area contributed by atoms with Crippen molar-refractivity contribution in [3.05, 3.63) is 16.1 Å². The van der Waals surface area contributed by atoms with Crippen LogP contribution in [0.2, 0.25) is 0 Å². The van der Waals surface area contributed by atoms with Gasteiger partial charge in [0.1, 0.15) is 12.2 Å². The summed E-state index contributed by atoms with van der Waals surface area (Å²) in [5, 5.41) is 0. The summed E-state index contributed by atoms with van der Waals surface area (Å²) in [5.74, 6) is 0. The maximum atomic E-state index is 4.36. The minimum absolute atomic E-state index is 1.09. The zero-order valence-corrected chi connectivity index (χ0v) is 7.82. The van der Waals surface area contributed by atoms with E-state index in [1.54, 1.807) is 11.3 Å². The number of quaternary nitrogens is 1. The van der Waals surface area contributed by atoms with E-state index in [0.29, 0.717) is 0 Å². The molecular weight excluding hydrogens is 156 g/mol. The van der Waals surface area contributed by atoms with Crippen molar-refractivity contribution in [1.82, 2.24) is 4.98 Å². The van der Waals surface area contributed by atoms with E-state index in [9.17, 15) is 0 Å². The zero-order valence-electron chi connectivity index (χ0n) is 7.00. The lowest BCUT2D eigenvalue weighted by Gasteiger charge is -2.32. The lowest BCUT2D eigenvalue weighted by Crippen LogP contribution is -2.43. The molecule has 0 saturated heterocycles. The minimum Gasteiger partial charge on any atom is -0.323 e. The molecule has 60 valence electrons. The SMILES string of the molecule is C[N+]1(C)CCc2scnc2C1. The first-order chi connectivity index (χ1) is 5.17. The highest BCUT2D eigenvalue weighted by Gasteiger charge is 2.25. The monoisotopic (exact) mass is 169 g/mol. The summed E-state index contributed by atoms with van der Waals surface area (Å²) >= 11 is 1.80. The molecule has 0 fully saturated rings.